The average Bonchev–Trinajstić information content (AvgIpc) is 2.61. The van der Waals surface area contributed by atoms with Gasteiger partial charge in [0.25, 0.3) is 0 Å². The van der Waals surface area contributed by atoms with Crippen LogP contribution in [0.25, 0.3) is 0 Å². The second-order valence-electron chi connectivity index (χ2n) is 7.16. The summed E-state index contributed by atoms with van der Waals surface area (Å²) in [5.41, 5.74) is 0.617. The Morgan fingerprint density at radius 3 is 2.69 bits per heavy atom. The maximum absolute atomic E-state index is 12.6. The van der Waals surface area contributed by atoms with Gasteiger partial charge in [-0.2, -0.15) is 0 Å². The summed E-state index contributed by atoms with van der Waals surface area (Å²) in [6, 6.07) is 5.17. The zero-order valence-electron chi connectivity index (χ0n) is 16.1. The van der Waals surface area contributed by atoms with Crippen LogP contribution in [0.3, 0.4) is 0 Å². The molecule has 5 nitrogen and oxygen atoms in total. The van der Waals surface area contributed by atoms with E-state index < -0.39 is 0 Å². The third-order valence-corrected chi connectivity index (χ3v) is 4.66. The molecule has 0 spiro atoms. The molecule has 1 aromatic rings. The molecule has 1 aliphatic heterocycles. The lowest BCUT2D eigenvalue weighted by atomic mass is 10.1. The third-order valence-electron chi connectivity index (χ3n) is 4.42. The van der Waals surface area contributed by atoms with Gasteiger partial charge in [0.05, 0.1) is 18.4 Å². The molecule has 2 amide bonds. The highest BCUT2D eigenvalue weighted by molar-refractivity contribution is 6.31. The van der Waals surface area contributed by atoms with Crippen molar-refractivity contribution in [3.63, 3.8) is 0 Å². The second-order valence-corrected chi connectivity index (χ2v) is 7.60. The lowest BCUT2D eigenvalue weighted by Gasteiger charge is -2.32. The van der Waals surface area contributed by atoms with E-state index in [4.69, 9.17) is 21.1 Å². The number of benzene rings is 1. The minimum atomic E-state index is -0.116. The fraction of sp³-hybridized carbons (Fsp3) is 0.650. The van der Waals surface area contributed by atoms with Crippen molar-refractivity contribution < 1.29 is 14.3 Å². The third kappa shape index (κ3) is 6.69. The first-order valence-corrected chi connectivity index (χ1v) is 9.97. The Labute approximate surface area is 162 Å². The van der Waals surface area contributed by atoms with Crippen LogP contribution < -0.4 is 10.1 Å². The number of nitrogens with one attached hydrogen (secondary N) is 1. The lowest BCUT2D eigenvalue weighted by Crippen LogP contribution is -2.43. The summed E-state index contributed by atoms with van der Waals surface area (Å²) in [6.07, 6.45) is 3.99. The second kappa shape index (κ2) is 10.6. The largest absolute Gasteiger partial charge is 0.491 e. The van der Waals surface area contributed by atoms with Crippen molar-refractivity contribution in [1.82, 2.24) is 4.90 Å². The Kier molecular flexibility index (Phi) is 8.52. The Balaban J connectivity index is 1.84. The molecule has 0 aromatic heterocycles. The van der Waals surface area contributed by atoms with Gasteiger partial charge in [0.15, 0.2) is 0 Å². The first kappa shape index (κ1) is 20.8. The number of carbonyl (C=O) groups is 1. The number of rotatable bonds is 8. The van der Waals surface area contributed by atoms with Crippen LogP contribution in [-0.4, -0.2) is 43.3 Å². The van der Waals surface area contributed by atoms with Gasteiger partial charge in [-0.25, -0.2) is 4.79 Å². The summed E-state index contributed by atoms with van der Waals surface area (Å²) in [5.74, 6) is 1.30. The van der Waals surface area contributed by atoms with E-state index in [-0.39, 0.29) is 12.1 Å². The molecule has 2 rings (SSSR count). The molecule has 0 atom stereocenters. The van der Waals surface area contributed by atoms with E-state index >= 15 is 0 Å². The highest BCUT2D eigenvalue weighted by Gasteiger charge is 2.24. The number of halogens is 1. The fourth-order valence-corrected chi connectivity index (χ4v) is 3.00. The van der Waals surface area contributed by atoms with Gasteiger partial charge in [-0.05, 0) is 49.8 Å². The number of carbonyl (C=O) groups excluding carboxylic acids is 1. The highest BCUT2D eigenvalue weighted by atomic mass is 35.5. The van der Waals surface area contributed by atoms with Crippen LogP contribution in [-0.2, 0) is 4.74 Å². The van der Waals surface area contributed by atoms with E-state index in [1.165, 1.54) is 0 Å². The minimum Gasteiger partial charge on any atom is -0.491 e. The summed E-state index contributed by atoms with van der Waals surface area (Å²) >= 11 is 6.07. The summed E-state index contributed by atoms with van der Waals surface area (Å²) in [7, 11) is 0. The number of urea groups is 1. The van der Waals surface area contributed by atoms with Crippen LogP contribution in [0.1, 0.15) is 46.5 Å². The summed E-state index contributed by atoms with van der Waals surface area (Å²) in [4.78, 5) is 14.4. The molecule has 1 saturated heterocycles. The van der Waals surface area contributed by atoms with Crippen LogP contribution in [0.5, 0.6) is 5.75 Å². The number of hydrogen-bond donors (Lipinski definition) is 1. The summed E-state index contributed by atoms with van der Waals surface area (Å²) in [5, 5.41) is 3.51. The number of amides is 2. The van der Waals surface area contributed by atoms with Crippen molar-refractivity contribution in [2.75, 3.05) is 31.6 Å². The van der Waals surface area contributed by atoms with Crippen LogP contribution in [0, 0.1) is 5.92 Å². The van der Waals surface area contributed by atoms with E-state index in [0.717, 1.165) is 32.3 Å². The monoisotopic (exact) mass is 382 g/mol. The van der Waals surface area contributed by atoms with Crippen molar-refractivity contribution in [3.8, 4) is 5.75 Å². The molecule has 6 heteroatoms. The molecule has 0 unspecified atom stereocenters. The standard InChI is InChI=1S/C20H31ClN2O3/c1-4-12-26-19-6-5-16(21)14-18(19)22-20(24)23-10-7-17(8-11-23)25-13-9-15(2)3/h5-6,14-15,17H,4,7-13H2,1-3H3,(H,22,24). The predicted octanol–water partition coefficient (Wildman–Crippen LogP) is 5.19. The highest BCUT2D eigenvalue weighted by Crippen LogP contribution is 2.29. The number of ether oxygens (including phenoxy) is 2. The molecule has 1 N–H and O–H groups in total. The Morgan fingerprint density at radius 1 is 1.31 bits per heavy atom. The molecule has 1 heterocycles. The first-order chi connectivity index (χ1) is 12.5. The topological polar surface area (TPSA) is 50.8 Å². The molecule has 1 aromatic carbocycles. The van der Waals surface area contributed by atoms with E-state index in [2.05, 4.69) is 19.2 Å². The minimum absolute atomic E-state index is 0.116. The maximum Gasteiger partial charge on any atom is 0.321 e. The maximum atomic E-state index is 12.6. The van der Waals surface area contributed by atoms with Crippen molar-refractivity contribution in [1.29, 1.82) is 0 Å². The molecule has 0 radical (unpaired) electrons. The van der Waals surface area contributed by atoms with Gasteiger partial charge in [-0.3, -0.25) is 0 Å². The van der Waals surface area contributed by atoms with E-state index in [1.807, 2.05) is 11.8 Å². The molecular formula is C20H31ClN2O3. The van der Waals surface area contributed by atoms with Crippen LogP contribution >= 0.6 is 11.6 Å². The summed E-state index contributed by atoms with van der Waals surface area (Å²) in [6.45, 7) is 9.24. The van der Waals surface area contributed by atoms with Crippen LogP contribution in [0.2, 0.25) is 5.02 Å². The van der Waals surface area contributed by atoms with Gasteiger partial charge in [0.1, 0.15) is 5.75 Å². The Bertz CT molecular complexity index is 572. The number of likely N-dealkylation sites (tertiary alicyclic amines) is 1. The number of anilines is 1. The van der Waals surface area contributed by atoms with Gasteiger partial charge in [-0.15, -0.1) is 0 Å². The zero-order chi connectivity index (χ0) is 18.9. The molecule has 146 valence electrons. The molecule has 26 heavy (non-hydrogen) atoms. The molecule has 0 aliphatic carbocycles. The Morgan fingerprint density at radius 2 is 2.04 bits per heavy atom. The lowest BCUT2D eigenvalue weighted by molar-refractivity contribution is 0.0112. The molecule has 1 fully saturated rings. The molecule has 1 aliphatic rings. The molecule has 0 bridgehead atoms. The van der Waals surface area contributed by atoms with E-state index in [0.29, 0.717) is 42.1 Å². The van der Waals surface area contributed by atoms with Crippen LogP contribution in [0.15, 0.2) is 18.2 Å². The first-order valence-electron chi connectivity index (χ1n) is 9.59. The van der Waals surface area contributed by atoms with Gasteiger partial charge >= 0.3 is 6.03 Å². The van der Waals surface area contributed by atoms with E-state index in [9.17, 15) is 4.79 Å². The molecule has 0 saturated carbocycles. The van der Waals surface area contributed by atoms with Gasteiger partial charge in [-0.1, -0.05) is 32.4 Å². The number of piperidine rings is 1. The Hall–Kier alpha value is -1.46. The quantitative estimate of drug-likeness (QED) is 0.673. The SMILES string of the molecule is CCCOc1ccc(Cl)cc1NC(=O)N1CCC(OCCC(C)C)CC1. The number of hydrogen-bond acceptors (Lipinski definition) is 3. The smallest absolute Gasteiger partial charge is 0.321 e. The average molecular weight is 383 g/mol. The molecular weight excluding hydrogens is 352 g/mol. The number of nitrogens with zero attached hydrogens (tertiary/aromatic N) is 1. The zero-order valence-corrected chi connectivity index (χ0v) is 16.8. The van der Waals surface area contributed by atoms with Crippen LogP contribution in [0.4, 0.5) is 10.5 Å². The van der Waals surface area contributed by atoms with E-state index in [1.54, 1.807) is 18.2 Å². The van der Waals surface area contributed by atoms with Crippen molar-refractivity contribution in [2.45, 2.75) is 52.6 Å². The van der Waals surface area contributed by atoms with Crippen molar-refractivity contribution >= 4 is 23.3 Å². The van der Waals surface area contributed by atoms with Gasteiger partial charge < -0.3 is 19.7 Å². The van der Waals surface area contributed by atoms with Gasteiger partial charge in [0.2, 0.25) is 0 Å². The van der Waals surface area contributed by atoms with Gasteiger partial charge in [0, 0.05) is 24.7 Å². The fourth-order valence-electron chi connectivity index (χ4n) is 2.83. The van der Waals surface area contributed by atoms with Crippen molar-refractivity contribution in [3.05, 3.63) is 23.2 Å². The summed E-state index contributed by atoms with van der Waals surface area (Å²) < 4.78 is 11.6. The predicted molar refractivity (Wildman–Crippen MR) is 106 cm³/mol. The normalized spacial score (nSPS) is 15.3. The van der Waals surface area contributed by atoms with Crippen molar-refractivity contribution in [2.24, 2.45) is 5.92 Å².